The molecule has 27 heavy (non-hydrogen) atoms. The number of hydrogen-bond acceptors (Lipinski definition) is 4. The van der Waals surface area contributed by atoms with Gasteiger partial charge in [0.25, 0.3) is 0 Å². The van der Waals surface area contributed by atoms with Crippen LogP contribution in [-0.4, -0.2) is 19.5 Å². The van der Waals surface area contributed by atoms with Crippen LogP contribution in [0, 0.1) is 0 Å². The normalized spacial score (nSPS) is 10.9. The van der Waals surface area contributed by atoms with Crippen molar-refractivity contribution in [3.8, 4) is 11.4 Å². The lowest BCUT2D eigenvalue weighted by Crippen LogP contribution is -2.00. The van der Waals surface area contributed by atoms with E-state index in [0.29, 0.717) is 0 Å². The summed E-state index contributed by atoms with van der Waals surface area (Å²) >= 11 is 0. The van der Waals surface area contributed by atoms with Crippen LogP contribution in [0.3, 0.4) is 0 Å². The van der Waals surface area contributed by atoms with Crippen LogP contribution in [0.1, 0.15) is 18.1 Å². The van der Waals surface area contributed by atoms with Gasteiger partial charge in [0.1, 0.15) is 5.82 Å². The largest absolute Gasteiger partial charge is 0.340 e. The van der Waals surface area contributed by atoms with Crippen LogP contribution in [0.4, 0.5) is 5.82 Å². The molecule has 134 valence electrons. The van der Waals surface area contributed by atoms with Gasteiger partial charge in [-0.3, -0.25) is 0 Å². The second-order valence-electron chi connectivity index (χ2n) is 6.51. The average molecular weight is 355 g/mol. The third kappa shape index (κ3) is 3.44. The number of pyridine rings is 2. The maximum atomic E-state index is 4.78. The van der Waals surface area contributed by atoms with Crippen molar-refractivity contribution < 1.29 is 0 Å². The van der Waals surface area contributed by atoms with Crippen LogP contribution < -0.4 is 5.32 Å². The molecular formula is C22H21N5. The van der Waals surface area contributed by atoms with Gasteiger partial charge in [0.15, 0.2) is 0 Å². The second-order valence-corrected chi connectivity index (χ2v) is 6.51. The molecule has 5 heteroatoms. The van der Waals surface area contributed by atoms with E-state index in [-0.39, 0.29) is 0 Å². The number of nitrogens with zero attached hydrogens (tertiary/aromatic N) is 4. The highest BCUT2D eigenvalue weighted by molar-refractivity contribution is 5.84. The number of anilines is 1. The summed E-state index contributed by atoms with van der Waals surface area (Å²) < 4.78 is 1.96. The molecule has 0 radical (unpaired) electrons. The van der Waals surface area contributed by atoms with Gasteiger partial charge in [0, 0.05) is 30.4 Å². The van der Waals surface area contributed by atoms with Crippen molar-refractivity contribution in [3.05, 3.63) is 78.9 Å². The molecule has 0 saturated heterocycles. The van der Waals surface area contributed by atoms with Gasteiger partial charge in [-0.25, -0.2) is 15.0 Å². The van der Waals surface area contributed by atoms with E-state index < -0.39 is 0 Å². The Labute approximate surface area is 158 Å². The number of benzene rings is 1. The Kier molecular flexibility index (Phi) is 4.42. The highest BCUT2D eigenvalue weighted by atomic mass is 15.0. The standard InChI is InChI=1S/C22H21N5/c1-4-16-6-5-7-17(10-16)15(2)25-22-11-20-18(12-24-22)8-9-19(26-20)21-13-23-14-27(21)3/h5-14H,2,4H2,1,3H3,(H,24,25). The summed E-state index contributed by atoms with van der Waals surface area (Å²) in [7, 11) is 1.96. The van der Waals surface area contributed by atoms with Gasteiger partial charge in [0.2, 0.25) is 0 Å². The molecule has 0 fully saturated rings. The fraction of sp³-hybridized carbons (Fsp3) is 0.136. The van der Waals surface area contributed by atoms with Crippen LogP contribution in [0.25, 0.3) is 28.0 Å². The SMILES string of the molecule is C=C(Nc1cc2nc(-c3cncn3C)ccc2cn1)c1cccc(CC)c1. The molecule has 1 aromatic carbocycles. The van der Waals surface area contributed by atoms with E-state index in [4.69, 9.17) is 4.98 Å². The number of imidazole rings is 1. The first-order valence-corrected chi connectivity index (χ1v) is 8.93. The molecular weight excluding hydrogens is 334 g/mol. The van der Waals surface area contributed by atoms with Crippen molar-refractivity contribution in [2.45, 2.75) is 13.3 Å². The zero-order valence-electron chi connectivity index (χ0n) is 15.5. The van der Waals surface area contributed by atoms with Crippen LogP contribution in [-0.2, 0) is 13.5 Å². The summed E-state index contributed by atoms with van der Waals surface area (Å²) in [6, 6.07) is 14.3. The van der Waals surface area contributed by atoms with E-state index >= 15 is 0 Å². The van der Waals surface area contributed by atoms with Gasteiger partial charge in [-0.15, -0.1) is 0 Å². The summed E-state index contributed by atoms with van der Waals surface area (Å²) in [5.41, 5.74) is 5.90. The summed E-state index contributed by atoms with van der Waals surface area (Å²) in [4.78, 5) is 13.4. The number of nitrogens with one attached hydrogen (secondary N) is 1. The Hall–Kier alpha value is -3.47. The lowest BCUT2D eigenvalue weighted by molar-refractivity contribution is 0.917. The Morgan fingerprint density at radius 1 is 1.15 bits per heavy atom. The minimum Gasteiger partial charge on any atom is -0.340 e. The van der Waals surface area contributed by atoms with Crippen molar-refractivity contribution in [3.63, 3.8) is 0 Å². The highest BCUT2D eigenvalue weighted by Crippen LogP contribution is 2.23. The summed E-state index contributed by atoms with van der Waals surface area (Å²) in [6.45, 7) is 6.31. The summed E-state index contributed by atoms with van der Waals surface area (Å²) in [5.74, 6) is 0.726. The third-order valence-electron chi connectivity index (χ3n) is 4.62. The van der Waals surface area contributed by atoms with Crippen LogP contribution in [0.15, 0.2) is 67.8 Å². The Morgan fingerprint density at radius 2 is 2.04 bits per heavy atom. The van der Waals surface area contributed by atoms with Crippen molar-refractivity contribution >= 4 is 22.4 Å². The quantitative estimate of drug-likeness (QED) is 0.565. The molecule has 0 spiro atoms. The van der Waals surface area contributed by atoms with Crippen molar-refractivity contribution in [1.82, 2.24) is 19.5 Å². The first kappa shape index (κ1) is 17.0. The molecule has 0 aliphatic heterocycles. The van der Waals surface area contributed by atoms with E-state index in [1.54, 1.807) is 6.33 Å². The average Bonchev–Trinajstić information content (AvgIpc) is 3.13. The number of aromatic nitrogens is 4. The van der Waals surface area contributed by atoms with Gasteiger partial charge >= 0.3 is 0 Å². The molecule has 0 saturated carbocycles. The topological polar surface area (TPSA) is 55.6 Å². The molecule has 0 unspecified atom stereocenters. The molecule has 4 rings (SSSR count). The Balaban J connectivity index is 1.64. The molecule has 3 heterocycles. The zero-order chi connectivity index (χ0) is 18.8. The maximum Gasteiger partial charge on any atom is 0.132 e. The molecule has 5 nitrogen and oxygen atoms in total. The molecule has 4 aromatic rings. The van der Waals surface area contributed by atoms with E-state index in [1.165, 1.54) is 5.56 Å². The van der Waals surface area contributed by atoms with Crippen LogP contribution >= 0.6 is 0 Å². The lowest BCUT2D eigenvalue weighted by atomic mass is 10.1. The molecule has 0 aliphatic carbocycles. The van der Waals surface area contributed by atoms with Gasteiger partial charge < -0.3 is 9.88 Å². The Morgan fingerprint density at radius 3 is 2.81 bits per heavy atom. The predicted octanol–water partition coefficient (Wildman–Crippen LogP) is 4.68. The maximum absolute atomic E-state index is 4.78. The number of hydrogen-bond donors (Lipinski definition) is 1. The molecule has 0 atom stereocenters. The minimum absolute atomic E-state index is 0.726. The monoisotopic (exact) mass is 355 g/mol. The van der Waals surface area contributed by atoms with Gasteiger partial charge in [-0.1, -0.05) is 31.7 Å². The second kappa shape index (κ2) is 7.03. The first-order valence-electron chi connectivity index (χ1n) is 8.93. The van der Waals surface area contributed by atoms with E-state index in [0.717, 1.165) is 45.8 Å². The first-order chi connectivity index (χ1) is 13.1. The molecule has 1 N–H and O–H groups in total. The molecule has 0 amide bonds. The summed E-state index contributed by atoms with van der Waals surface area (Å²) in [5, 5.41) is 4.29. The van der Waals surface area contributed by atoms with Gasteiger partial charge in [0.05, 0.1) is 29.4 Å². The number of fused-ring (bicyclic) bond motifs is 1. The van der Waals surface area contributed by atoms with E-state index in [9.17, 15) is 0 Å². The number of rotatable bonds is 5. The van der Waals surface area contributed by atoms with Crippen molar-refractivity contribution in [2.24, 2.45) is 7.05 Å². The molecule has 0 aliphatic rings. The van der Waals surface area contributed by atoms with E-state index in [1.807, 2.05) is 48.3 Å². The summed E-state index contributed by atoms with van der Waals surface area (Å²) in [6.07, 6.45) is 6.41. The van der Waals surface area contributed by atoms with Gasteiger partial charge in [-0.05, 0) is 35.7 Å². The van der Waals surface area contributed by atoms with Crippen LogP contribution in [0.5, 0.6) is 0 Å². The minimum atomic E-state index is 0.726. The third-order valence-corrected chi connectivity index (χ3v) is 4.62. The highest BCUT2D eigenvalue weighted by Gasteiger charge is 2.07. The van der Waals surface area contributed by atoms with Gasteiger partial charge in [-0.2, -0.15) is 0 Å². The lowest BCUT2D eigenvalue weighted by Gasteiger charge is -2.11. The molecule has 3 aromatic heterocycles. The predicted molar refractivity (Wildman–Crippen MR) is 110 cm³/mol. The van der Waals surface area contributed by atoms with E-state index in [2.05, 4.69) is 47.0 Å². The molecule has 0 bridgehead atoms. The smallest absolute Gasteiger partial charge is 0.132 e. The van der Waals surface area contributed by atoms with Crippen molar-refractivity contribution in [2.75, 3.05) is 5.32 Å². The Bertz CT molecular complexity index is 1130. The van der Waals surface area contributed by atoms with Crippen LogP contribution in [0.2, 0.25) is 0 Å². The van der Waals surface area contributed by atoms with Crippen molar-refractivity contribution in [1.29, 1.82) is 0 Å². The fourth-order valence-electron chi connectivity index (χ4n) is 3.04. The zero-order valence-corrected chi connectivity index (χ0v) is 15.5. The fourth-order valence-corrected chi connectivity index (χ4v) is 3.04. The number of aryl methyl sites for hydroxylation is 2.